The molecule has 1 aliphatic carbocycles. The van der Waals surface area contributed by atoms with Crippen molar-refractivity contribution in [1.29, 1.82) is 0 Å². The van der Waals surface area contributed by atoms with Crippen LogP contribution in [0.3, 0.4) is 0 Å². The molecule has 0 bridgehead atoms. The predicted octanol–water partition coefficient (Wildman–Crippen LogP) is 1.63. The van der Waals surface area contributed by atoms with Crippen LogP contribution in [-0.4, -0.2) is 36.2 Å². The molecule has 0 aromatic heterocycles. The summed E-state index contributed by atoms with van der Waals surface area (Å²) < 4.78 is 0. The molecule has 2 fully saturated rings. The number of aliphatic hydroxyl groups is 1. The largest absolute Gasteiger partial charge is 0.396 e. The van der Waals surface area contributed by atoms with Gasteiger partial charge in [0, 0.05) is 19.7 Å². The third-order valence-corrected chi connectivity index (χ3v) is 3.81. The van der Waals surface area contributed by atoms with Gasteiger partial charge in [0.1, 0.15) is 0 Å². The highest BCUT2D eigenvalue weighted by molar-refractivity contribution is 4.92. The molecule has 2 aliphatic rings. The van der Waals surface area contributed by atoms with Crippen molar-refractivity contribution in [3.8, 4) is 0 Å². The smallest absolute Gasteiger partial charge is 0.0443 e. The van der Waals surface area contributed by atoms with Crippen molar-refractivity contribution in [2.24, 2.45) is 5.41 Å². The summed E-state index contributed by atoms with van der Waals surface area (Å²) in [5.74, 6) is 0. The zero-order valence-electron chi connectivity index (χ0n) is 8.47. The van der Waals surface area contributed by atoms with Gasteiger partial charge in [0.15, 0.2) is 0 Å². The summed E-state index contributed by atoms with van der Waals surface area (Å²) in [5, 5.41) is 8.76. The molecule has 1 heterocycles. The van der Waals surface area contributed by atoms with Crippen molar-refractivity contribution in [2.45, 2.75) is 38.5 Å². The molecule has 0 radical (unpaired) electrons. The lowest BCUT2D eigenvalue weighted by Crippen LogP contribution is -2.26. The fraction of sp³-hybridized carbons (Fsp3) is 1.00. The van der Waals surface area contributed by atoms with Crippen LogP contribution in [0.15, 0.2) is 0 Å². The van der Waals surface area contributed by atoms with E-state index in [0.717, 1.165) is 13.0 Å². The molecule has 2 nitrogen and oxygen atoms in total. The molecule has 0 amide bonds. The molecule has 2 rings (SSSR count). The monoisotopic (exact) mass is 183 g/mol. The Bertz CT molecular complexity index is 163. The van der Waals surface area contributed by atoms with Crippen molar-refractivity contribution in [2.75, 3.05) is 26.2 Å². The quantitative estimate of drug-likeness (QED) is 0.719. The lowest BCUT2D eigenvalue weighted by molar-refractivity contribution is 0.225. The average molecular weight is 183 g/mol. The van der Waals surface area contributed by atoms with Gasteiger partial charge in [0.25, 0.3) is 0 Å². The van der Waals surface area contributed by atoms with E-state index in [2.05, 4.69) is 4.90 Å². The molecule has 1 saturated heterocycles. The molecule has 1 spiro atoms. The molecule has 0 atom stereocenters. The molecule has 2 heteroatoms. The second-order valence-electron chi connectivity index (χ2n) is 4.81. The third kappa shape index (κ3) is 2.05. The lowest BCUT2D eigenvalue weighted by atomic mass is 9.86. The molecule has 13 heavy (non-hydrogen) atoms. The van der Waals surface area contributed by atoms with E-state index in [0.29, 0.717) is 12.0 Å². The minimum atomic E-state index is 0.351. The van der Waals surface area contributed by atoms with Crippen molar-refractivity contribution >= 4 is 0 Å². The number of nitrogens with zero attached hydrogens (tertiary/aromatic N) is 1. The van der Waals surface area contributed by atoms with Gasteiger partial charge in [-0.25, -0.2) is 0 Å². The van der Waals surface area contributed by atoms with E-state index in [1.807, 2.05) is 0 Å². The van der Waals surface area contributed by atoms with E-state index in [1.54, 1.807) is 0 Å². The van der Waals surface area contributed by atoms with E-state index < -0.39 is 0 Å². The maximum Gasteiger partial charge on any atom is 0.0443 e. The fourth-order valence-corrected chi connectivity index (χ4v) is 3.05. The molecule has 76 valence electrons. The predicted molar refractivity (Wildman–Crippen MR) is 53.7 cm³/mol. The van der Waals surface area contributed by atoms with Crippen molar-refractivity contribution in [1.82, 2.24) is 4.90 Å². The topological polar surface area (TPSA) is 23.5 Å². The van der Waals surface area contributed by atoms with Crippen LogP contribution in [0.4, 0.5) is 0 Å². The Labute approximate surface area is 80.9 Å². The maximum atomic E-state index is 8.76. The van der Waals surface area contributed by atoms with Crippen LogP contribution in [0.2, 0.25) is 0 Å². The summed E-state index contributed by atoms with van der Waals surface area (Å²) in [7, 11) is 0. The first-order chi connectivity index (χ1) is 6.35. The van der Waals surface area contributed by atoms with Gasteiger partial charge in [-0.2, -0.15) is 0 Å². The average Bonchev–Trinajstić information content (AvgIpc) is 2.74. The normalized spacial score (nSPS) is 27.5. The summed E-state index contributed by atoms with van der Waals surface area (Å²) in [6, 6.07) is 0. The van der Waals surface area contributed by atoms with Gasteiger partial charge in [0.05, 0.1) is 0 Å². The highest BCUT2D eigenvalue weighted by Gasteiger charge is 2.39. The summed E-state index contributed by atoms with van der Waals surface area (Å²) in [6.45, 7) is 4.05. The summed E-state index contributed by atoms with van der Waals surface area (Å²) in [4.78, 5) is 2.54. The van der Waals surface area contributed by atoms with Crippen LogP contribution >= 0.6 is 0 Å². The van der Waals surface area contributed by atoms with Crippen LogP contribution in [0, 0.1) is 5.41 Å². The van der Waals surface area contributed by atoms with Gasteiger partial charge in [-0.1, -0.05) is 12.8 Å². The molecular formula is C11H21NO. The van der Waals surface area contributed by atoms with Crippen LogP contribution in [-0.2, 0) is 0 Å². The maximum absolute atomic E-state index is 8.76. The van der Waals surface area contributed by atoms with E-state index >= 15 is 0 Å². The zero-order valence-corrected chi connectivity index (χ0v) is 8.47. The van der Waals surface area contributed by atoms with Gasteiger partial charge in [-0.3, -0.25) is 0 Å². The lowest BCUT2D eigenvalue weighted by Gasteiger charge is -2.23. The molecular weight excluding hydrogens is 162 g/mol. The Hall–Kier alpha value is -0.0800. The molecule has 0 aromatic rings. The molecule has 1 N–H and O–H groups in total. The summed E-state index contributed by atoms with van der Waals surface area (Å²) in [6.07, 6.45) is 8.20. The van der Waals surface area contributed by atoms with Gasteiger partial charge in [-0.15, -0.1) is 0 Å². The van der Waals surface area contributed by atoms with Gasteiger partial charge < -0.3 is 10.0 Å². The van der Waals surface area contributed by atoms with E-state index in [4.69, 9.17) is 5.11 Å². The third-order valence-electron chi connectivity index (χ3n) is 3.81. The number of hydrogen-bond donors (Lipinski definition) is 1. The molecule has 0 aromatic carbocycles. The number of rotatable bonds is 3. The SMILES string of the molecule is OCCCN1CCC2(CCCC2)C1. The Kier molecular flexibility index (Phi) is 2.89. The van der Waals surface area contributed by atoms with Crippen LogP contribution in [0.5, 0.6) is 0 Å². The van der Waals surface area contributed by atoms with Gasteiger partial charge in [0.2, 0.25) is 0 Å². The first-order valence-electron chi connectivity index (χ1n) is 5.68. The summed E-state index contributed by atoms with van der Waals surface area (Å²) in [5.41, 5.74) is 0.704. The number of aliphatic hydroxyl groups excluding tert-OH is 1. The Balaban J connectivity index is 1.79. The molecule has 1 aliphatic heterocycles. The highest BCUT2D eigenvalue weighted by atomic mass is 16.3. The van der Waals surface area contributed by atoms with Gasteiger partial charge in [-0.05, 0) is 37.6 Å². The number of hydrogen-bond acceptors (Lipinski definition) is 2. The van der Waals surface area contributed by atoms with Crippen molar-refractivity contribution in [3.63, 3.8) is 0 Å². The van der Waals surface area contributed by atoms with Gasteiger partial charge >= 0.3 is 0 Å². The number of likely N-dealkylation sites (tertiary alicyclic amines) is 1. The first kappa shape index (κ1) is 9.47. The van der Waals surface area contributed by atoms with Crippen LogP contribution in [0.25, 0.3) is 0 Å². The minimum Gasteiger partial charge on any atom is -0.396 e. The van der Waals surface area contributed by atoms with Crippen LogP contribution in [0.1, 0.15) is 38.5 Å². The highest BCUT2D eigenvalue weighted by Crippen LogP contribution is 2.45. The fourth-order valence-electron chi connectivity index (χ4n) is 3.05. The minimum absolute atomic E-state index is 0.351. The van der Waals surface area contributed by atoms with E-state index in [-0.39, 0.29) is 0 Å². The Morgan fingerprint density at radius 3 is 2.62 bits per heavy atom. The second kappa shape index (κ2) is 3.97. The van der Waals surface area contributed by atoms with E-state index in [9.17, 15) is 0 Å². The Morgan fingerprint density at radius 2 is 1.92 bits per heavy atom. The van der Waals surface area contributed by atoms with Crippen molar-refractivity contribution < 1.29 is 5.11 Å². The molecule has 0 unspecified atom stereocenters. The first-order valence-corrected chi connectivity index (χ1v) is 5.68. The Morgan fingerprint density at radius 1 is 1.15 bits per heavy atom. The molecule has 1 saturated carbocycles. The summed E-state index contributed by atoms with van der Waals surface area (Å²) >= 11 is 0. The van der Waals surface area contributed by atoms with Crippen molar-refractivity contribution in [3.05, 3.63) is 0 Å². The zero-order chi connectivity index (χ0) is 9.15. The second-order valence-corrected chi connectivity index (χ2v) is 4.81. The standard InChI is InChI=1S/C11H21NO/c13-9-3-7-12-8-6-11(10-12)4-1-2-5-11/h13H,1-10H2. The van der Waals surface area contributed by atoms with E-state index in [1.165, 1.54) is 45.2 Å². The van der Waals surface area contributed by atoms with Crippen LogP contribution < -0.4 is 0 Å².